The summed E-state index contributed by atoms with van der Waals surface area (Å²) >= 11 is 3.08. The highest BCUT2D eigenvalue weighted by molar-refractivity contribution is 9.08. The van der Waals surface area contributed by atoms with Crippen molar-refractivity contribution in [3.8, 4) is 0 Å². The number of hydrogen-bond donors (Lipinski definition) is 0. The molecule has 0 N–H and O–H groups in total. The van der Waals surface area contributed by atoms with Gasteiger partial charge in [-0.2, -0.15) is 4.39 Å². The number of nitro benzene ring substituents is 1. The van der Waals surface area contributed by atoms with Crippen LogP contribution in [0, 0.1) is 15.9 Å². The Hall–Kier alpha value is -1.50. The lowest BCUT2D eigenvalue weighted by Crippen LogP contribution is -2.09. The van der Waals surface area contributed by atoms with Gasteiger partial charge < -0.3 is 4.74 Å². The SMILES string of the molecule is CCOC(=O)c1cc(F)c([N+](=O)[O-])cc1CBr. The average molecular weight is 306 g/mol. The zero-order chi connectivity index (χ0) is 13.0. The molecule has 0 amide bonds. The Balaban J connectivity index is 3.28. The van der Waals surface area contributed by atoms with Crippen molar-refractivity contribution in [1.82, 2.24) is 0 Å². The predicted octanol–water partition coefficient (Wildman–Crippen LogP) is 2.81. The third-order valence-electron chi connectivity index (χ3n) is 2.01. The number of carbonyl (C=O) groups excluding carboxylic acids is 1. The van der Waals surface area contributed by atoms with E-state index in [0.29, 0.717) is 5.56 Å². The monoisotopic (exact) mass is 305 g/mol. The van der Waals surface area contributed by atoms with Gasteiger partial charge in [0, 0.05) is 11.4 Å². The zero-order valence-corrected chi connectivity index (χ0v) is 10.5. The molecule has 7 heteroatoms. The van der Waals surface area contributed by atoms with Crippen LogP contribution in [0.25, 0.3) is 0 Å². The molecule has 5 nitrogen and oxygen atoms in total. The molecule has 0 fully saturated rings. The van der Waals surface area contributed by atoms with Gasteiger partial charge >= 0.3 is 11.7 Å². The fraction of sp³-hybridized carbons (Fsp3) is 0.300. The maximum Gasteiger partial charge on any atom is 0.338 e. The molecule has 0 unspecified atom stereocenters. The van der Waals surface area contributed by atoms with E-state index in [1.165, 1.54) is 0 Å². The van der Waals surface area contributed by atoms with Crippen molar-refractivity contribution in [2.24, 2.45) is 0 Å². The van der Waals surface area contributed by atoms with Gasteiger partial charge in [-0.1, -0.05) is 15.9 Å². The van der Waals surface area contributed by atoms with Gasteiger partial charge in [0.05, 0.1) is 17.1 Å². The molecule has 0 saturated carbocycles. The second kappa shape index (κ2) is 5.72. The Morgan fingerprint density at radius 3 is 2.71 bits per heavy atom. The summed E-state index contributed by atoms with van der Waals surface area (Å²) < 4.78 is 18.1. The molecule has 0 aromatic heterocycles. The van der Waals surface area contributed by atoms with Crippen LogP contribution in [-0.2, 0) is 10.1 Å². The minimum absolute atomic E-state index is 0.00757. The summed E-state index contributed by atoms with van der Waals surface area (Å²) in [6.45, 7) is 1.77. The van der Waals surface area contributed by atoms with Gasteiger partial charge in [0.2, 0.25) is 5.82 Å². The van der Waals surface area contributed by atoms with Gasteiger partial charge in [-0.25, -0.2) is 4.79 Å². The van der Waals surface area contributed by atoms with Crippen LogP contribution in [0.15, 0.2) is 12.1 Å². The summed E-state index contributed by atoms with van der Waals surface area (Å²) in [5.74, 6) is -1.75. The maximum absolute atomic E-state index is 13.4. The molecule has 0 spiro atoms. The first-order valence-corrected chi connectivity index (χ1v) is 5.83. The largest absolute Gasteiger partial charge is 0.462 e. The van der Waals surface area contributed by atoms with Crippen LogP contribution in [0.2, 0.25) is 0 Å². The van der Waals surface area contributed by atoms with Gasteiger partial charge in [-0.3, -0.25) is 10.1 Å². The number of benzene rings is 1. The van der Waals surface area contributed by atoms with Crippen molar-refractivity contribution in [3.05, 3.63) is 39.2 Å². The first-order chi connectivity index (χ1) is 8.01. The van der Waals surface area contributed by atoms with Crippen molar-refractivity contribution in [2.75, 3.05) is 6.61 Å². The molecule has 1 rings (SSSR count). The predicted molar refractivity (Wildman–Crippen MR) is 61.6 cm³/mol. The number of nitro groups is 1. The highest BCUT2D eigenvalue weighted by Crippen LogP contribution is 2.24. The summed E-state index contributed by atoms with van der Waals surface area (Å²) in [7, 11) is 0. The van der Waals surface area contributed by atoms with Gasteiger partial charge in [0.25, 0.3) is 0 Å². The third kappa shape index (κ3) is 3.00. The smallest absolute Gasteiger partial charge is 0.338 e. The molecule has 0 saturated heterocycles. The Labute approximate surface area is 105 Å². The first-order valence-electron chi connectivity index (χ1n) is 4.71. The van der Waals surface area contributed by atoms with E-state index in [0.717, 1.165) is 12.1 Å². The van der Waals surface area contributed by atoms with Gasteiger partial charge in [0.1, 0.15) is 0 Å². The van der Waals surface area contributed by atoms with Crippen LogP contribution in [-0.4, -0.2) is 17.5 Å². The van der Waals surface area contributed by atoms with E-state index in [1.807, 2.05) is 0 Å². The van der Waals surface area contributed by atoms with Crippen molar-refractivity contribution in [2.45, 2.75) is 12.3 Å². The van der Waals surface area contributed by atoms with Crippen molar-refractivity contribution in [1.29, 1.82) is 0 Å². The minimum atomic E-state index is -1.05. The number of ether oxygens (including phenoxy) is 1. The number of hydrogen-bond acceptors (Lipinski definition) is 4. The number of carbonyl (C=O) groups is 1. The molecule has 0 bridgehead atoms. The van der Waals surface area contributed by atoms with E-state index in [9.17, 15) is 19.3 Å². The van der Waals surface area contributed by atoms with Crippen LogP contribution in [0.3, 0.4) is 0 Å². The molecule has 0 aliphatic carbocycles. The molecular weight excluding hydrogens is 297 g/mol. The quantitative estimate of drug-likeness (QED) is 0.371. The molecular formula is C10H9BrFNO4. The Bertz CT molecular complexity index is 464. The molecule has 0 aliphatic rings. The molecule has 17 heavy (non-hydrogen) atoms. The second-order valence-electron chi connectivity index (χ2n) is 3.07. The Morgan fingerprint density at radius 1 is 1.59 bits per heavy atom. The zero-order valence-electron chi connectivity index (χ0n) is 8.91. The fourth-order valence-corrected chi connectivity index (χ4v) is 1.72. The highest BCUT2D eigenvalue weighted by atomic mass is 79.9. The van der Waals surface area contributed by atoms with Crippen molar-refractivity contribution >= 4 is 27.6 Å². The lowest BCUT2D eigenvalue weighted by atomic mass is 10.1. The lowest BCUT2D eigenvalue weighted by molar-refractivity contribution is -0.387. The second-order valence-corrected chi connectivity index (χ2v) is 3.63. The van der Waals surface area contributed by atoms with Crippen LogP contribution >= 0.6 is 15.9 Å². The first kappa shape index (κ1) is 13.6. The molecule has 92 valence electrons. The fourth-order valence-electron chi connectivity index (χ4n) is 1.25. The molecule has 1 aromatic rings. The molecule has 0 aliphatic heterocycles. The third-order valence-corrected chi connectivity index (χ3v) is 2.61. The average Bonchev–Trinajstić information content (AvgIpc) is 2.28. The van der Waals surface area contributed by atoms with Crippen molar-refractivity contribution in [3.63, 3.8) is 0 Å². The van der Waals surface area contributed by atoms with Crippen molar-refractivity contribution < 1.29 is 18.8 Å². The lowest BCUT2D eigenvalue weighted by Gasteiger charge is -2.07. The minimum Gasteiger partial charge on any atom is -0.462 e. The number of rotatable bonds is 4. The van der Waals surface area contributed by atoms with Gasteiger partial charge in [0.15, 0.2) is 0 Å². The van der Waals surface area contributed by atoms with Crippen LogP contribution in [0.1, 0.15) is 22.8 Å². The molecule has 0 radical (unpaired) electrons. The summed E-state index contributed by atoms with van der Waals surface area (Å²) in [5, 5.41) is 10.7. The van der Waals surface area contributed by atoms with E-state index >= 15 is 0 Å². The van der Waals surface area contributed by atoms with E-state index in [4.69, 9.17) is 4.74 Å². The van der Waals surface area contributed by atoms with Gasteiger partial charge in [-0.15, -0.1) is 0 Å². The Kier molecular flexibility index (Phi) is 4.56. The topological polar surface area (TPSA) is 69.4 Å². The maximum atomic E-state index is 13.4. The highest BCUT2D eigenvalue weighted by Gasteiger charge is 2.21. The number of esters is 1. The van der Waals surface area contributed by atoms with Crippen LogP contribution in [0.4, 0.5) is 10.1 Å². The number of halogens is 2. The molecule has 1 aromatic carbocycles. The number of alkyl halides is 1. The van der Waals surface area contributed by atoms with E-state index in [-0.39, 0.29) is 17.5 Å². The van der Waals surface area contributed by atoms with E-state index < -0.39 is 22.4 Å². The number of nitrogens with zero attached hydrogens (tertiary/aromatic N) is 1. The van der Waals surface area contributed by atoms with E-state index in [1.54, 1.807) is 6.92 Å². The summed E-state index contributed by atoms with van der Waals surface area (Å²) in [6.07, 6.45) is 0. The van der Waals surface area contributed by atoms with Crippen LogP contribution in [0.5, 0.6) is 0 Å². The summed E-state index contributed by atoms with van der Waals surface area (Å²) in [5.41, 5.74) is -0.351. The van der Waals surface area contributed by atoms with E-state index in [2.05, 4.69) is 15.9 Å². The summed E-state index contributed by atoms with van der Waals surface area (Å²) in [4.78, 5) is 21.2. The molecule has 0 atom stereocenters. The standard InChI is InChI=1S/C10H9BrFNO4/c1-2-17-10(14)7-4-8(12)9(13(15)16)3-6(7)5-11/h3-4H,2,5H2,1H3. The van der Waals surface area contributed by atoms with Gasteiger partial charge in [-0.05, 0) is 18.6 Å². The Morgan fingerprint density at radius 2 is 2.24 bits per heavy atom. The summed E-state index contributed by atoms with van der Waals surface area (Å²) in [6, 6.07) is 1.85. The molecule has 0 heterocycles. The van der Waals surface area contributed by atoms with Crippen LogP contribution < -0.4 is 0 Å². The normalized spacial score (nSPS) is 10.1.